The van der Waals surface area contributed by atoms with Crippen molar-refractivity contribution in [3.05, 3.63) is 48.0 Å². The normalized spacial score (nSPS) is 17.6. The van der Waals surface area contributed by atoms with Crippen LogP contribution in [0.1, 0.15) is 56.7 Å². The molecule has 33 heavy (non-hydrogen) atoms. The number of nitrogens with one attached hydrogen (secondary N) is 2. The van der Waals surface area contributed by atoms with Crippen LogP contribution < -0.4 is 10.2 Å². The summed E-state index contributed by atoms with van der Waals surface area (Å²) in [5, 5.41) is 4.43. The molecule has 1 saturated heterocycles. The number of aromatic nitrogens is 2. The first kappa shape index (κ1) is 23.4. The number of aromatic amines is 1. The van der Waals surface area contributed by atoms with Crippen molar-refractivity contribution >= 4 is 22.8 Å². The van der Waals surface area contributed by atoms with E-state index >= 15 is 0 Å². The molecule has 1 atom stereocenters. The number of anilines is 1. The van der Waals surface area contributed by atoms with Crippen LogP contribution in [0.25, 0.3) is 10.9 Å². The first-order valence-corrected chi connectivity index (χ1v) is 12.0. The van der Waals surface area contributed by atoms with Gasteiger partial charge in [0.1, 0.15) is 0 Å². The molecule has 7 heteroatoms. The van der Waals surface area contributed by atoms with Crippen LogP contribution in [0.3, 0.4) is 0 Å². The lowest BCUT2D eigenvalue weighted by Gasteiger charge is -2.44. The summed E-state index contributed by atoms with van der Waals surface area (Å²) in [7, 11) is 2.14. The maximum Gasteiger partial charge on any atom is 0.298 e. The molecule has 2 aromatic heterocycles. The number of likely N-dealkylation sites (N-methyl/N-ethyl adjacent to an activating group) is 1. The van der Waals surface area contributed by atoms with Crippen LogP contribution >= 0.6 is 0 Å². The van der Waals surface area contributed by atoms with Gasteiger partial charge in [-0.15, -0.1) is 0 Å². The summed E-state index contributed by atoms with van der Waals surface area (Å²) < 4.78 is 5.92. The molecule has 0 aliphatic carbocycles. The fourth-order valence-corrected chi connectivity index (χ4v) is 4.50. The number of piperazine rings is 1. The largest absolute Gasteiger partial charge is 0.418 e. The fourth-order valence-electron chi connectivity index (χ4n) is 4.50. The SMILES string of the molecule is CC(C)CCC(Cc1c[nH]c2ccccc12)NC(=O)c1cnc(N2CCN(C)C(C)(C)C2)o1. The summed E-state index contributed by atoms with van der Waals surface area (Å²) in [6, 6.07) is 8.84. The molecular weight excluding hydrogens is 414 g/mol. The van der Waals surface area contributed by atoms with E-state index in [0.29, 0.717) is 11.9 Å². The third-order valence-corrected chi connectivity index (χ3v) is 6.87. The molecule has 178 valence electrons. The van der Waals surface area contributed by atoms with Crippen molar-refractivity contribution in [2.24, 2.45) is 5.92 Å². The number of carbonyl (C=O) groups is 1. The minimum absolute atomic E-state index is 0.0234. The first-order valence-electron chi connectivity index (χ1n) is 12.0. The fraction of sp³-hybridized carbons (Fsp3) is 0.538. The van der Waals surface area contributed by atoms with Gasteiger partial charge in [-0.2, -0.15) is 0 Å². The third kappa shape index (κ3) is 5.41. The molecule has 1 aromatic carbocycles. The van der Waals surface area contributed by atoms with E-state index in [-0.39, 0.29) is 23.2 Å². The number of para-hydroxylation sites is 1. The zero-order valence-corrected chi connectivity index (χ0v) is 20.5. The summed E-state index contributed by atoms with van der Waals surface area (Å²) in [4.78, 5) is 25.3. The second kappa shape index (κ2) is 9.59. The zero-order chi connectivity index (χ0) is 23.6. The van der Waals surface area contributed by atoms with Gasteiger partial charge in [-0.1, -0.05) is 32.0 Å². The molecular formula is C26H37N5O2. The van der Waals surface area contributed by atoms with Gasteiger partial charge >= 0.3 is 0 Å². The molecule has 1 aliphatic rings. The molecule has 1 aliphatic heterocycles. The Bertz CT molecular complexity index is 1080. The minimum Gasteiger partial charge on any atom is -0.418 e. The predicted octanol–water partition coefficient (Wildman–Crippen LogP) is 4.46. The lowest BCUT2D eigenvalue weighted by Crippen LogP contribution is -2.57. The van der Waals surface area contributed by atoms with Crippen molar-refractivity contribution in [3.63, 3.8) is 0 Å². The van der Waals surface area contributed by atoms with Gasteiger partial charge in [0.15, 0.2) is 0 Å². The number of hydrogen-bond acceptors (Lipinski definition) is 5. The highest BCUT2D eigenvalue weighted by Gasteiger charge is 2.33. The van der Waals surface area contributed by atoms with Gasteiger partial charge in [0.25, 0.3) is 11.9 Å². The maximum absolute atomic E-state index is 13.1. The predicted molar refractivity (Wildman–Crippen MR) is 133 cm³/mol. The Morgan fingerprint density at radius 1 is 1.24 bits per heavy atom. The van der Waals surface area contributed by atoms with Crippen molar-refractivity contribution in [1.82, 2.24) is 20.2 Å². The first-order chi connectivity index (χ1) is 15.7. The topological polar surface area (TPSA) is 77.4 Å². The van der Waals surface area contributed by atoms with Crippen LogP contribution in [-0.2, 0) is 6.42 Å². The molecule has 1 fully saturated rings. The molecule has 4 rings (SSSR count). The number of benzene rings is 1. The summed E-state index contributed by atoms with van der Waals surface area (Å²) in [5.74, 6) is 0.649. The average molecular weight is 452 g/mol. The van der Waals surface area contributed by atoms with Crippen LogP contribution in [-0.4, -0.2) is 59.0 Å². The van der Waals surface area contributed by atoms with Gasteiger partial charge in [-0.25, -0.2) is 4.98 Å². The molecule has 7 nitrogen and oxygen atoms in total. The van der Waals surface area contributed by atoms with Gasteiger partial charge in [0.2, 0.25) is 5.76 Å². The quantitative estimate of drug-likeness (QED) is 0.529. The Hall–Kier alpha value is -2.80. The van der Waals surface area contributed by atoms with Crippen molar-refractivity contribution in [3.8, 4) is 0 Å². The van der Waals surface area contributed by atoms with Gasteiger partial charge < -0.3 is 19.6 Å². The van der Waals surface area contributed by atoms with Crippen LogP contribution in [0.2, 0.25) is 0 Å². The van der Waals surface area contributed by atoms with E-state index in [2.05, 4.69) is 84.2 Å². The number of fused-ring (bicyclic) bond motifs is 1. The standard InChI is InChI=1S/C26H37N5O2/c1-18(2)10-11-20(14-19-15-27-22-9-7-6-8-21(19)22)29-24(32)23-16-28-25(33-23)31-13-12-30(5)26(3,4)17-31/h6-9,15-16,18,20,27H,10-14,17H2,1-5H3,(H,29,32). The molecule has 0 radical (unpaired) electrons. The Kier molecular flexibility index (Phi) is 6.79. The van der Waals surface area contributed by atoms with E-state index in [4.69, 9.17) is 4.42 Å². The molecule has 2 N–H and O–H groups in total. The number of carbonyl (C=O) groups excluding carboxylic acids is 1. The van der Waals surface area contributed by atoms with Gasteiger partial charge in [-0.05, 0) is 57.7 Å². The number of rotatable bonds is 8. The van der Waals surface area contributed by atoms with E-state index in [1.165, 1.54) is 10.9 Å². The number of amides is 1. The number of oxazole rings is 1. The van der Waals surface area contributed by atoms with Crippen molar-refractivity contribution in [2.75, 3.05) is 31.6 Å². The number of nitrogens with zero attached hydrogens (tertiary/aromatic N) is 3. The van der Waals surface area contributed by atoms with E-state index in [1.807, 2.05) is 6.07 Å². The Morgan fingerprint density at radius 3 is 2.79 bits per heavy atom. The van der Waals surface area contributed by atoms with Crippen LogP contribution in [0.4, 0.5) is 6.01 Å². The third-order valence-electron chi connectivity index (χ3n) is 6.87. The Labute approximate surface area is 196 Å². The average Bonchev–Trinajstić information content (AvgIpc) is 3.42. The molecule has 1 unspecified atom stereocenters. The Balaban J connectivity index is 1.46. The highest BCUT2D eigenvalue weighted by atomic mass is 16.4. The highest BCUT2D eigenvalue weighted by Crippen LogP contribution is 2.25. The van der Waals surface area contributed by atoms with Crippen molar-refractivity contribution in [1.29, 1.82) is 0 Å². The summed E-state index contributed by atoms with van der Waals surface area (Å²) in [5.41, 5.74) is 2.37. The summed E-state index contributed by atoms with van der Waals surface area (Å²) in [6.07, 6.45) is 6.35. The molecule has 3 aromatic rings. The van der Waals surface area contributed by atoms with E-state index < -0.39 is 0 Å². The number of hydrogen-bond donors (Lipinski definition) is 2. The monoisotopic (exact) mass is 451 g/mol. The highest BCUT2D eigenvalue weighted by molar-refractivity contribution is 5.91. The lowest BCUT2D eigenvalue weighted by molar-refractivity contribution is 0.0904. The van der Waals surface area contributed by atoms with Gasteiger partial charge in [0, 0.05) is 48.3 Å². The number of H-pyrrole nitrogens is 1. The zero-order valence-electron chi connectivity index (χ0n) is 20.5. The second-order valence-electron chi connectivity index (χ2n) is 10.4. The van der Waals surface area contributed by atoms with E-state index in [0.717, 1.165) is 44.4 Å². The van der Waals surface area contributed by atoms with Crippen LogP contribution in [0.5, 0.6) is 0 Å². The van der Waals surface area contributed by atoms with E-state index in [9.17, 15) is 4.79 Å². The minimum atomic E-state index is -0.198. The molecule has 0 spiro atoms. The molecule has 3 heterocycles. The van der Waals surface area contributed by atoms with E-state index in [1.54, 1.807) is 6.20 Å². The maximum atomic E-state index is 13.1. The molecule has 0 saturated carbocycles. The summed E-state index contributed by atoms with van der Waals surface area (Å²) in [6.45, 7) is 11.4. The van der Waals surface area contributed by atoms with Crippen LogP contribution in [0.15, 0.2) is 41.1 Å². The lowest BCUT2D eigenvalue weighted by atomic mass is 9.97. The van der Waals surface area contributed by atoms with Gasteiger partial charge in [0.05, 0.1) is 6.20 Å². The smallest absolute Gasteiger partial charge is 0.298 e. The molecule has 1 amide bonds. The van der Waals surface area contributed by atoms with Crippen LogP contribution in [0, 0.1) is 5.92 Å². The van der Waals surface area contributed by atoms with Crippen molar-refractivity contribution < 1.29 is 9.21 Å². The molecule has 0 bridgehead atoms. The summed E-state index contributed by atoms with van der Waals surface area (Å²) >= 11 is 0. The van der Waals surface area contributed by atoms with Gasteiger partial charge in [-0.3, -0.25) is 9.69 Å². The Morgan fingerprint density at radius 2 is 2.03 bits per heavy atom. The second-order valence-corrected chi connectivity index (χ2v) is 10.4. The van der Waals surface area contributed by atoms with Crippen molar-refractivity contribution in [2.45, 2.75) is 58.5 Å².